The number of amides is 10. The molecule has 26 N–H and O–H groups in total. The first kappa shape index (κ1) is 69.5. The maximum Gasteiger partial charge on any atom is 0.326 e. The summed E-state index contributed by atoms with van der Waals surface area (Å²) in [5, 5.41) is 50.6. The molecule has 2 aromatic rings. The Labute approximate surface area is 472 Å². The number of carboxylic acid groups (broad SMARTS) is 1. The number of nitrogens with zero attached hydrogens (tertiary/aromatic N) is 2. The third-order valence-corrected chi connectivity index (χ3v) is 12.9. The van der Waals surface area contributed by atoms with E-state index in [1.807, 2.05) is 18.2 Å². The van der Waals surface area contributed by atoms with Gasteiger partial charge in [0, 0.05) is 36.6 Å². The number of para-hydroxylation sites is 1. The SMILES string of the molecule is CC[C@H](C)[C@H](NC(=O)[C@H](CCCN=C(N)N)NC(=O)[C@@H](NC(=O)[C@H](CCCN=C(N)N)NC(=O)[C@@H](NC(=O)[C@H](CC(N)=O)NC(=O)[C@H](CCC(N)=O)NC(=O)[C@H](CO)NC(=O)[C@@H](N)Cc1c[nH]c2ccccc12)C(C)C)[C@@H](C)O)C(=O)O. The molecular weight excluding hydrogens is 1080 g/mol. The molecule has 456 valence electrons. The molecule has 0 saturated heterocycles. The summed E-state index contributed by atoms with van der Waals surface area (Å²) in [6, 6.07) is -6.97. The Morgan fingerprint density at radius 1 is 0.573 bits per heavy atom. The van der Waals surface area contributed by atoms with Crippen LogP contribution in [0.3, 0.4) is 0 Å². The summed E-state index contributed by atoms with van der Waals surface area (Å²) in [5.41, 5.74) is 40.2. The van der Waals surface area contributed by atoms with E-state index in [-0.39, 0.29) is 57.1 Å². The molecular formula is C50H82N18O14. The first-order valence-electron chi connectivity index (χ1n) is 26.4. The zero-order valence-corrected chi connectivity index (χ0v) is 46.6. The van der Waals surface area contributed by atoms with Crippen LogP contribution in [-0.2, 0) is 59.2 Å². The number of nitrogens with two attached hydrogens (primary N) is 7. The fourth-order valence-electron chi connectivity index (χ4n) is 8.07. The number of aromatic amines is 1. The molecule has 0 aliphatic rings. The molecule has 0 fully saturated rings. The number of H-pyrrole nitrogens is 1. The van der Waals surface area contributed by atoms with Crippen LogP contribution in [0.2, 0.25) is 0 Å². The van der Waals surface area contributed by atoms with Gasteiger partial charge in [0.2, 0.25) is 59.1 Å². The van der Waals surface area contributed by atoms with Crippen molar-refractivity contribution in [2.45, 2.75) is 153 Å². The van der Waals surface area contributed by atoms with Gasteiger partial charge in [0.05, 0.1) is 25.2 Å². The number of guanidine groups is 2. The highest BCUT2D eigenvalue weighted by molar-refractivity contribution is 5.99. The second kappa shape index (κ2) is 34.5. The summed E-state index contributed by atoms with van der Waals surface area (Å²) in [6.07, 6.45) is -1.75. The van der Waals surface area contributed by atoms with Gasteiger partial charge in [0.1, 0.15) is 48.3 Å². The van der Waals surface area contributed by atoms with Crippen LogP contribution in [0, 0.1) is 11.8 Å². The molecule has 2 rings (SSSR count). The van der Waals surface area contributed by atoms with Crippen molar-refractivity contribution < 1.29 is 68.1 Å². The number of carbonyl (C=O) groups excluding carboxylic acids is 10. The summed E-state index contributed by atoms with van der Waals surface area (Å²) in [5.74, 6) is -13.7. The fraction of sp³-hybridized carbons (Fsp3) is 0.580. The van der Waals surface area contributed by atoms with Gasteiger partial charge in [-0.05, 0) is 68.9 Å². The van der Waals surface area contributed by atoms with Crippen molar-refractivity contribution in [1.82, 2.24) is 47.5 Å². The zero-order chi connectivity index (χ0) is 62.0. The van der Waals surface area contributed by atoms with Crippen molar-refractivity contribution in [2.24, 2.45) is 62.0 Å². The summed E-state index contributed by atoms with van der Waals surface area (Å²) in [4.78, 5) is 157. The van der Waals surface area contributed by atoms with E-state index in [1.54, 1.807) is 26.1 Å². The molecule has 1 aromatic heterocycles. The number of hydrogen-bond acceptors (Lipinski definition) is 16. The molecule has 0 saturated carbocycles. The zero-order valence-electron chi connectivity index (χ0n) is 46.6. The van der Waals surface area contributed by atoms with Crippen LogP contribution in [0.1, 0.15) is 91.5 Å². The lowest BCUT2D eigenvalue weighted by atomic mass is 9.98. The van der Waals surface area contributed by atoms with Gasteiger partial charge in [-0.3, -0.25) is 57.9 Å². The maximum atomic E-state index is 14.2. The number of benzene rings is 1. The third-order valence-electron chi connectivity index (χ3n) is 12.9. The van der Waals surface area contributed by atoms with Gasteiger partial charge in [-0.1, -0.05) is 52.3 Å². The van der Waals surface area contributed by atoms with Crippen LogP contribution in [0.5, 0.6) is 0 Å². The van der Waals surface area contributed by atoms with E-state index in [2.05, 4.69) is 57.5 Å². The number of hydrogen-bond donors (Lipinski definition) is 19. The second-order valence-corrected chi connectivity index (χ2v) is 19.9. The Balaban J connectivity index is 2.38. The number of aliphatic hydroxyl groups excluding tert-OH is 2. The first-order valence-corrected chi connectivity index (χ1v) is 26.4. The molecule has 0 aliphatic carbocycles. The molecule has 0 spiro atoms. The smallest absolute Gasteiger partial charge is 0.326 e. The Morgan fingerprint density at radius 2 is 1.02 bits per heavy atom. The number of carboxylic acids is 1. The van der Waals surface area contributed by atoms with Crippen molar-refractivity contribution in [1.29, 1.82) is 0 Å². The van der Waals surface area contributed by atoms with Crippen molar-refractivity contribution in [3.05, 3.63) is 36.0 Å². The monoisotopic (exact) mass is 1160 g/mol. The van der Waals surface area contributed by atoms with Gasteiger partial charge in [-0.2, -0.15) is 0 Å². The topological polar surface area (TPSA) is 567 Å². The van der Waals surface area contributed by atoms with E-state index in [1.165, 1.54) is 13.8 Å². The molecule has 0 aliphatic heterocycles. The minimum Gasteiger partial charge on any atom is -0.480 e. The number of rotatable bonds is 37. The average Bonchev–Trinajstić information content (AvgIpc) is 3.93. The van der Waals surface area contributed by atoms with Crippen LogP contribution in [-0.4, -0.2) is 177 Å². The van der Waals surface area contributed by atoms with E-state index >= 15 is 0 Å². The summed E-state index contributed by atoms with van der Waals surface area (Å²) in [7, 11) is 0. The van der Waals surface area contributed by atoms with E-state index in [4.69, 9.17) is 40.1 Å². The number of aliphatic carboxylic acids is 1. The highest BCUT2D eigenvalue weighted by Crippen LogP contribution is 2.19. The molecule has 1 aromatic carbocycles. The third kappa shape index (κ3) is 23.6. The van der Waals surface area contributed by atoms with Crippen molar-refractivity contribution >= 4 is 87.9 Å². The molecule has 32 heteroatoms. The van der Waals surface area contributed by atoms with E-state index in [9.17, 15) is 68.1 Å². The van der Waals surface area contributed by atoms with E-state index in [0.717, 1.165) is 17.8 Å². The van der Waals surface area contributed by atoms with Crippen LogP contribution >= 0.6 is 0 Å². The van der Waals surface area contributed by atoms with Crippen LogP contribution in [0.25, 0.3) is 10.9 Å². The second-order valence-electron chi connectivity index (χ2n) is 19.9. The number of primary amides is 2. The number of aromatic nitrogens is 1. The van der Waals surface area contributed by atoms with E-state index in [0.29, 0.717) is 12.0 Å². The predicted molar refractivity (Wildman–Crippen MR) is 298 cm³/mol. The van der Waals surface area contributed by atoms with Gasteiger partial charge in [-0.15, -0.1) is 0 Å². The lowest BCUT2D eigenvalue weighted by Gasteiger charge is -2.29. The van der Waals surface area contributed by atoms with Crippen molar-refractivity contribution in [3.8, 4) is 0 Å². The molecule has 0 unspecified atom stereocenters. The molecule has 11 atom stereocenters. The van der Waals surface area contributed by atoms with E-state index < -0.39 is 163 Å². The Morgan fingerprint density at radius 3 is 1.51 bits per heavy atom. The molecule has 32 nitrogen and oxygen atoms in total. The number of fused-ring (bicyclic) bond motifs is 1. The van der Waals surface area contributed by atoms with Gasteiger partial charge in [-0.25, -0.2) is 4.79 Å². The minimum absolute atomic E-state index is 0.00546. The largest absolute Gasteiger partial charge is 0.480 e. The predicted octanol–water partition coefficient (Wildman–Crippen LogP) is -6.68. The van der Waals surface area contributed by atoms with Crippen LogP contribution < -0.4 is 82.7 Å². The fourth-order valence-corrected chi connectivity index (χ4v) is 8.07. The number of aliphatic imine (C=N–C) groups is 2. The molecule has 10 amide bonds. The molecule has 0 radical (unpaired) electrons. The van der Waals surface area contributed by atoms with Gasteiger partial charge in [0.25, 0.3) is 0 Å². The highest BCUT2D eigenvalue weighted by atomic mass is 16.4. The van der Waals surface area contributed by atoms with Crippen LogP contribution in [0.4, 0.5) is 0 Å². The standard InChI is InChI=1S/C50H82N18O14/c1-6-24(4)38(48(81)82)67-42(75)30(13-9-17-58-49(54)55)63-47(80)39(25(5)70)68-43(76)31(14-10-18-59-50(56)57)62-46(79)37(23(2)3)66-44(77)33(20-36(53)72)64-41(74)32(15-16-35(52)71)61-45(78)34(22-69)65-40(73)28(51)19-26-21-60-29-12-8-7-11-27(26)29/h7-8,11-12,21,23-25,28,30-34,37-39,60,69-70H,6,9-10,13-20,22,51H2,1-5H3,(H2,52,71)(H2,53,72)(H,61,78)(H,62,79)(H,63,80)(H,64,74)(H,65,73)(H,66,77)(H,67,75)(H,68,76)(H,81,82)(H4,54,55,58)(H4,56,57,59)/t24-,25+,28-,30-,31-,32-,33-,34-,37-,38-,39-/m0/s1. The quantitative estimate of drug-likeness (QED) is 0.0170. The Bertz CT molecular complexity index is 2600. The Hall–Kier alpha value is -8.65. The van der Waals surface area contributed by atoms with Crippen LogP contribution in [0.15, 0.2) is 40.4 Å². The lowest BCUT2D eigenvalue weighted by molar-refractivity contribution is -0.144. The average molecular weight is 1160 g/mol. The highest BCUT2D eigenvalue weighted by Gasteiger charge is 2.37. The van der Waals surface area contributed by atoms with Gasteiger partial charge < -0.3 is 103 Å². The number of aliphatic hydroxyl groups is 2. The minimum atomic E-state index is -1.87. The summed E-state index contributed by atoms with van der Waals surface area (Å²) >= 11 is 0. The Kier molecular flexibility index (Phi) is 29.2. The van der Waals surface area contributed by atoms with Gasteiger partial charge in [0.15, 0.2) is 11.9 Å². The maximum absolute atomic E-state index is 14.2. The molecule has 0 bridgehead atoms. The molecule has 1 heterocycles. The summed E-state index contributed by atoms with van der Waals surface area (Å²) < 4.78 is 0. The van der Waals surface area contributed by atoms with Crippen molar-refractivity contribution in [2.75, 3.05) is 19.7 Å². The summed E-state index contributed by atoms with van der Waals surface area (Å²) in [6.45, 7) is 6.38. The first-order chi connectivity index (χ1) is 38.5. The number of carbonyl (C=O) groups is 11. The number of nitrogens with one attached hydrogen (secondary N) is 9. The lowest BCUT2D eigenvalue weighted by Crippen LogP contribution is -2.62. The van der Waals surface area contributed by atoms with Crippen molar-refractivity contribution in [3.63, 3.8) is 0 Å². The normalized spacial score (nSPS) is 15.1. The molecule has 82 heavy (non-hydrogen) atoms. The van der Waals surface area contributed by atoms with Gasteiger partial charge >= 0.3 is 5.97 Å².